The van der Waals surface area contributed by atoms with Crippen LogP contribution in [0.1, 0.15) is 63.8 Å². The van der Waals surface area contributed by atoms with Crippen LogP contribution in [0.25, 0.3) is 0 Å². The van der Waals surface area contributed by atoms with Gasteiger partial charge >= 0.3 is 0 Å². The van der Waals surface area contributed by atoms with Gasteiger partial charge in [-0.25, -0.2) is 4.98 Å². The second kappa shape index (κ2) is 15.6. The first-order valence-corrected chi connectivity index (χ1v) is 17.6. The van der Waals surface area contributed by atoms with E-state index in [1.165, 1.54) is 9.36 Å². The third kappa shape index (κ3) is 8.11. The minimum Gasteiger partial charge on any atom is -0.472 e. The van der Waals surface area contributed by atoms with Gasteiger partial charge in [0.05, 0.1) is 36.4 Å². The van der Waals surface area contributed by atoms with Crippen LogP contribution in [-0.4, -0.2) is 81.3 Å². The average molecular weight is 755 g/mol. The van der Waals surface area contributed by atoms with Crippen molar-refractivity contribution in [3.05, 3.63) is 65.9 Å². The minimum absolute atomic E-state index is 0.0213. The van der Waals surface area contributed by atoms with Gasteiger partial charge < -0.3 is 29.1 Å². The van der Waals surface area contributed by atoms with E-state index in [9.17, 15) is 14.7 Å². The van der Waals surface area contributed by atoms with E-state index in [0.717, 1.165) is 56.0 Å². The second-order valence-corrected chi connectivity index (χ2v) is 13.7. The third-order valence-corrected chi connectivity index (χ3v) is 9.89. The number of aliphatic hydroxyl groups is 1. The number of β-amino-alcohol motifs (C(OH)–C–C–N with tert-alkyl or cyclic N) is 1. The average Bonchev–Trinajstić information content (AvgIpc) is 3.73. The van der Waals surface area contributed by atoms with Gasteiger partial charge in [-0.2, -0.15) is 19.6 Å². The normalized spacial score (nSPS) is 24.6. The van der Waals surface area contributed by atoms with E-state index in [0.29, 0.717) is 56.5 Å². The van der Waals surface area contributed by atoms with E-state index in [1.807, 2.05) is 21.9 Å². The summed E-state index contributed by atoms with van der Waals surface area (Å²) in [5, 5.41) is 18.4. The van der Waals surface area contributed by atoms with Crippen molar-refractivity contribution in [2.24, 2.45) is 0 Å². The number of pyridine rings is 1. The van der Waals surface area contributed by atoms with Crippen molar-refractivity contribution in [1.29, 1.82) is 0 Å². The second-order valence-electron chi connectivity index (χ2n) is 12.0. The van der Waals surface area contributed by atoms with E-state index in [1.54, 1.807) is 18.6 Å². The first kappa shape index (κ1) is 34.1. The molecule has 0 spiro atoms. The van der Waals surface area contributed by atoms with Gasteiger partial charge in [0.2, 0.25) is 5.88 Å². The Bertz CT molecular complexity index is 1650. The van der Waals surface area contributed by atoms with Crippen molar-refractivity contribution in [1.82, 2.24) is 24.5 Å². The number of hydrogen-bond acceptors (Lipinski definition) is 11. The highest BCUT2D eigenvalue weighted by atomic mass is 79.9. The Morgan fingerprint density at radius 3 is 1.91 bits per heavy atom. The molecule has 7 rings (SSSR count). The van der Waals surface area contributed by atoms with Crippen molar-refractivity contribution in [2.75, 3.05) is 49.2 Å². The van der Waals surface area contributed by atoms with Crippen LogP contribution in [0, 0.1) is 0 Å². The van der Waals surface area contributed by atoms with Crippen LogP contribution in [0.4, 0.5) is 11.4 Å². The molecule has 0 saturated carbocycles. The van der Waals surface area contributed by atoms with Crippen LogP contribution < -0.4 is 25.7 Å². The lowest BCUT2D eigenvalue weighted by molar-refractivity contribution is -0.0425. The summed E-state index contributed by atoms with van der Waals surface area (Å²) in [4.78, 5) is 33.1. The Morgan fingerprint density at radius 1 is 0.830 bits per heavy atom. The summed E-state index contributed by atoms with van der Waals surface area (Å²) in [7, 11) is 0. The lowest BCUT2D eigenvalue weighted by Gasteiger charge is -2.25. The lowest BCUT2D eigenvalue weighted by atomic mass is 10.2. The number of nitrogens with zero attached hydrogens (tertiary/aromatic N) is 7. The molecule has 4 atom stereocenters. The molecule has 0 aromatic carbocycles. The first-order chi connectivity index (χ1) is 22.8. The fraction of sp³-hybridized carbons (Fsp3) is 0.581. The molecule has 3 aromatic rings. The number of aliphatic hydroxyl groups excluding tert-OH is 1. The summed E-state index contributed by atoms with van der Waals surface area (Å²) in [6.07, 6.45) is 11.1. The van der Waals surface area contributed by atoms with Crippen LogP contribution in [0.2, 0.25) is 10.0 Å². The van der Waals surface area contributed by atoms with Crippen molar-refractivity contribution < 1.29 is 19.3 Å². The molecule has 0 amide bonds. The van der Waals surface area contributed by atoms with Gasteiger partial charge in [0.1, 0.15) is 16.1 Å². The molecule has 3 aromatic heterocycles. The highest BCUT2D eigenvalue weighted by Gasteiger charge is 2.29. The highest BCUT2D eigenvalue weighted by molar-refractivity contribution is 9.10. The van der Waals surface area contributed by atoms with Crippen molar-refractivity contribution >= 4 is 50.5 Å². The molecule has 4 saturated heterocycles. The summed E-state index contributed by atoms with van der Waals surface area (Å²) >= 11 is 16.0. The van der Waals surface area contributed by atoms with Crippen molar-refractivity contribution in [3.8, 4) is 5.88 Å². The lowest BCUT2D eigenvalue weighted by Crippen LogP contribution is -2.33. The zero-order valence-electron chi connectivity index (χ0n) is 25.8. The zero-order chi connectivity index (χ0) is 32.9. The number of halogens is 3. The van der Waals surface area contributed by atoms with E-state index >= 15 is 0 Å². The molecule has 4 aliphatic rings. The monoisotopic (exact) mass is 753 g/mol. The van der Waals surface area contributed by atoms with Gasteiger partial charge in [0.15, 0.2) is 12.5 Å². The fourth-order valence-electron chi connectivity index (χ4n) is 6.18. The Morgan fingerprint density at radius 2 is 1.40 bits per heavy atom. The maximum absolute atomic E-state index is 12.7. The Kier molecular flexibility index (Phi) is 11.4. The van der Waals surface area contributed by atoms with Crippen LogP contribution in [-0.2, 0) is 9.47 Å². The fourth-order valence-corrected chi connectivity index (χ4v) is 7.00. The molecule has 13 nitrogen and oxygen atoms in total. The molecule has 0 radical (unpaired) electrons. The largest absolute Gasteiger partial charge is 0.472 e. The first-order valence-electron chi connectivity index (χ1n) is 16.0. The number of hydrogen-bond donors (Lipinski definition) is 1. The molecular weight excluding hydrogens is 717 g/mol. The van der Waals surface area contributed by atoms with Crippen molar-refractivity contribution in [3.63, 3.8) is 0 Å². The highest BCUT2D eigenvalue weighted by Crippen LogP contribution is 2.30. The molecule has 16 heteroatoms. The molecule has 7 heterocycles. The van der Waals surface area contributed by atoms with E-state index in [-0.39, 0.29) is 45.8 Å². The van der Waals surface area contributed by atoms with E-state index < -0.39 is 0 Å². The summed E-state index contributed by atoms with van der Waals surface area (Å²) in [5.41, 5.74) is 0.610. The molecule has 254 valence electrons. The molecule has 47 heavy (non-hydrogen) atoms. The standard InChI is InChI=1S/C18H20BrClN4O3.C13H18ClN3O3/c19-12-4-6-21-15(9-12)27-13-5-7-23(11-13)14-10-22-24(18(25)17(14)20)16-3-1-2-8-26-16;14-12-10(16-5-4-9(18)8-16)7-15-17(13(12)19)11-3-1-2-6-20-11/h4,6,9-10,13,16H,1-3,5,7-8,11H2;7,9,11,18H,1-6,8H2/t13-,16?;9-,11?/m11/s1. The van der Waals surface area contributed by atoms with Crippen LogP contribution in [0.3, 0.4) is 0 Å². The van der Waals surface area contributed by atoms with E-state index in [4.69, 9.17) is 37.4 Å². The van der Waals surface area contributed by atoms with Gasteiger partial charge in [0.25, 0.3) is 11.1 Å². The van der Waals surface area contributed by atoms with Gasteiger partial charge in [0, 0.05) is 56.0 Å². The SMILES string of the molecule is O=c1c(Cl)c(N2CC[C@@H](O)C2)cnn1C1CCCCO1.O=c1c(Cl)c(N2CC[C@@H](Oc3cc(Br)ccn3)C2)cnn1C1CCCCO1. The maximum atomic E-state index is 12.7. The summed E-state index contributed by atoms with van der Waals surface area (Å²) in [5.74, 6) is 0.574. The number of ether oxygens (including phenoxy) is 3. The van der Waals surface area contributed by atoms with E-state index in [2.05, 4.69) is 31.1 Å². The van der Waals surface area contributed by atoms with Gasteiger partial charge in [-0.15, -0.1) is 0 Å². The molecular formula is C31H38BrCl2N7O6. The molecule has 0 aliphatic carbocycles. The maximum Gasteiger partial charge on any atom is 0.290 e. The predicted octanol–water partition coefficient (Wildman–Crippen LogP) is 4.58. The number of rotatable bonds is 6. The van der Waals surface area contributed by atoms with Crippen molar-refractivity contribution in [2.45, 2.75) is 76.0 Å². The molecule has 2 unspecified atom stereocenters. The van der Waals surface area contributed by atoms with Gasteiger partial charge in [-0.3, -0.25) is 9.59 Å². The zero-order valence-corrected chi connectivity index (χ0v) is 28.9. The quantitative estimate of drug-likeness (QED) is 0.379. The molecule has 4 fully saturated rings. The van der Waals surface area contributed by atoms with Crippen LogP contribution >= 0.6 is 39.1 Å². The summed E-state index contributed by atoms with van der Waals surface area (Å²) in [6, 6.07) is 3.69. The number of anilines is 2. The van der Waals surface area contributed by atoms with Gasteiger partial charge in [-0.05, 0) is 51.0 Å². The minimum atomic E-state index is -0.366. The van der Waals surface area contributed by atoms with Crippen LogP contribution in [0.15, 0.2) is 44.8 Å². The molecule has 1 N–H and O–H groups in total. The summed E-state index contributed by atoms with van der Waals surface area (Å²) in [6.45, 7) is 3.84. The summed E-state index contributed by atoms with van der Waals surface area (Å²) < 4.78 is 20.8. The smallest absolute Gasteiger partial charge is 0.290 e. The predicted molar refractivity (Wildman–Crippen MR) is 181 cm³/mol. The van der Waals surface area contributed by atoms with Gasteiger partial charge in [-0.1, -0.05) is 39.1 Å². The Hall–Kier alpha value is -2.75. The third-order valence-electron chi connectivity index (χ3n) is 8.68. The molecule has 4 aliphatic heterocycles. The Labute approximate surface area is 290 Å². The van der Waals surface area contributed by atoms with Crippen LogP contribution in [0.5, 0.6) is 5.88 Å². The number of aromatic nitrogens is 5. The molecule has 0 bridgehead atoms. The topological polar surface area (TPSA) is 137 Å². The Balaban J connectivity index is 0.000000172.